The van der Waals surface area contributed by atoms with Gasteiger partial charge in [0.1, 0.15) is 11.8 Å². The van der Waals surface area contributed by atoms with E-state index in [2.05, 4.69) is 23.4 Å². The molecule has 0 unspecified atom stereocenters. The molecule has 0 radical (unpaired) electrons. The zero-order valence-corrected chi connectivity index (χ0v) is 13.9. The third-order valence-corrected chi connectivity index (χ3v) is 4.74. The molecule has 1 aliphatic heterocycles. The van der Waals surface area contributed by atoms with Gasteiger partial charge in [0.15, 0.2) is 0 Å². The Balaban J connectivity index is 1.59. The molecule has 122 valence electrons. The molecule has 23 heavy (non-hydrogen) atoms. The highest BCUT2D eigenvalue weighted by atomic mass is 16.5. The predicted octanol–water partition coefficient (Wildman–Crippen LogP) is 1.81. The fourth-order valence-electron chi connectivity index (χ4n) is 3.24. The van der Waals surface area contributed by atoms with Gasteiger partial charge in [0.2, 0.25) is 0 Å². The highest BCUT2D eigenvalue weighted by Crippen LogP contribution is 2.33. The zero-order chi connectivity index (χ0) is 16.4. The van der Waals surface area contributed by atoms with Crippen LogP contribution in [0.5, 0.6) is 0 Å². The largest absolute Gasteiger partial charge is 0.373 e. The van der Waals surface area contributed by atoms with Crippen LogP contribution in [0.3, 0.4) is 0 Å². The monoisotopic (exact) mass is 313 g/mol. The maximum absolute atomic E-state index is 9.10. The molecule has 0 aromatic carbocycles. The highest BCUT2D eigenvalue weighted by Gasteiger charge is 2.30. The van der Waals surface area contributed by atoms with Gasteiger partial charge in [0.05, 0.1) is 12.3 Å². The molecule has 1 N–H and O–H groups in total. The molecule has 0 amide bonds. The maximum atomic E-state index is 9.10. The fourth-order valence-corrected chi connectivity index (χ4v) is 3.24. The van der Waals surface area contributed by atoms with E-state index in [1.54, 1.807) is 0 Å². The summed E-state index contributed by atoms with van der Waals surface area (Å²) in [5.74, 6) is 0.457. The zero-order valence-electron chi connectivity index (χ0n) is 13.9. The van der Waals surface area contributed by atoms with Crippen molar-refractivity contribution in [3.8, 4) is 6.07 Å². The van der Waals surface area contributed by atoms with Crippen molar-refractivity contribution in [2.75, 3.05) is 13.2 Å². The average molecular weight is 313 g/mol. The summed E-state index contributed by atoms with van der Waals surface area (Å²) in [6.45, 7) is 4.53. The van der Waals surface area contributed by atoms with E-state index in [4.69, 9.17) is 10.00 Å². The van der Waals surface area contributed by atoms with Crippen molar-refractivity contribution in [2.45, 2.75) is 26.0 Å². The van der Waals surface area contributed by atoms with Crippen LogP contribution < -0.4 is 5.32 Å². The summed E-state index contributed by atoms with van der Waals surface area (Å²) >= 11 is 0. The number of nitriles is 1. The Hall–Kier alpha value is -2.10. The van der Waals surface area contributed by atoms with Crippen LogP contribution >= 0.6 is 0 Å². The minimum absolute atomic E-state index is 0.128. The molecule has 0 spiro atoms. The third kappa shape index (κ3) is 3.16. The van der Waals surface area contributed by atoms with Crippen LogP contribution in [-0.4, -0.2) is 27.5 Å². The van der Waals surface area contributed by atoms with E-state index in [0.717, 1.165) is 37.4 Å². The number of nitrogens with one attached hydrogen (secondary N) is 1. The lowest BCUT2D eigenvalue weighted by molar-refractivity contribution is 0.0904. The average Bonchev–Trinajstić information content (AvgIpc) is 3.23. The standard InChI is InChI=1S/C17H23N5O/c1-12-14(6-16(7-18)22(12)3)9-19-8-13-4-5-23-17(13)15-10-20-21(2)11-15/h6,10-11,13,17,19H,4-5,8-9H2,1-3H3/t13-,17-/m0/s1. The number of nitrogens with zero attached hydrogens (tertiary/aromatic N) is 4. The minimum atomic E-state index is 0.128. The van der Waals surface area contributed by atoms with Crippen LogP contribution in [0.2, 0.25) is 0 Å². The van der Waals surface area contributed by atoms with Crippen LogP contribution in [-0.2, 0) is 25.4 Å². The van der Waals surface area contributed by atoms with E-state index in [1.165, 1.54) is 5.56 Å². The molecular weight excluding hydrogens is 290 g/mol. The van der Waals surface area contributed by atoms with Crippen molar-refractivity contribution in [1.29, 1.82) is 5.26 Å². The highest BCUT2D eigenvalue weighted by molar-refractivity contribution is 5.34. The summed E-state index contributed by atoms with van der Waals surface area (Å²) in [6.07, 6.45) is 5.11. The van der Waals surface area contributed by atoms with Crippen molar-refractivity contribution in [1.82, 2.24) is 19.7 Å². The second-order valence-electron chi connectivity index (χ2n) is 6.23. The van der Waals surface area contributed by atoms with Gasteiger partial charge in [-0.1, -0.05) is 0 Å². The molecule has 3 heterocycles. The maximum Gasteiger partial charge on any atom is 0.120 e. The molecule has 6 heteroatoms. The van der Waals surface area contributed by atoms with Gasteiger partial charge >= 0.3 is 0 Å². The molecule has 0 saturated carbocycles. The first-order chi connectivity index (χ1) is 11.1. The van der Waals surface area contributed by atoms with Crippen molar-refractivity contribution in [2.24, 2.45) is 20.0 Å². The van der Waals surface area contributed by atoms with E-state index >= 15 is 0 Å². The SMILES string of the molecule is Cc1c(CNC[C@@H]2CCO[C@@H]2c2cnn(C)c2)cc(C#N)n1C. The second-order valence-corrected chi connectivity index (χ2v) is 6.23. The molecule has 1 fully saturated rings. The first kappa shape index (κ1) is 15.8. The summed E-state index contributed by atoms with van der Waals surface area (Å²) in [7, 11) is 3.86. The molecule has 3 rings (SSSR count). The molecule has 2 aromatic rings. The van der Waals surface area contributed by atoms with Gasteiger partial charge in [-0.3, -0.25) is 4.68 Å². The van der Waals surface area contributed by atoms with Crippen molar-refractivity contribution in [3.63, 3.8) is 0 Å². The van der Waals surface area contributed by atoms with E-state index in [1.807, 2.05) is 41.8 Å². The van der Waals surface area contributed by atoms with E-state index in [9.17, 15) is 0 Å². The summed E-state index contributed by atoms with van der Waals surface area (Å²) < 4.78 is 9.65. The predicted molar refractivity (Wildman–Crippen MR) is 86.6 cm³/mol. The quantitative estimate of drug-likeness (QED) is 0.914. The summed E-state index contributed by atoms with van der Waals surface area (Å²) in [5.41, 5.74) is 4.18. The molecule has 1 saturated heterocycles. The van der Waals surface area contributed by atoms with Crippen LogP contribution in [0.15, 0.2) is 18.5 Å². The van der Waals surface area contributed by atoms with Crippen molar-refractivity contribution >= 4 is 0 Å². The number of hydrogen-bond donors (Lipinski definition) is 1. The lowest BCUT2D eigenvalue weighted by atomic mass is 9.97. The summed E-state index contributed by atoms with van der Waals surface area (Å²) in [4.78, 5) is 0. The van der Waals surface area contributed by atoms with E-state index in [-0.39, 0.29) is 6.10 Å². The Morgan fingerprint density at radius 3 is 2.96 bits per heavy atom. The number of ether oxygens (including phenoxy) is 1. The van der Waals surface area contributed by atoms with Gasteiger partial charge in [-0.25, -0.2) is 0 Å². The van der Waals surface area contributed by atoms with Gasteiger partial charge in [-0.05, 0) is 25.0 Å². The number of aryl methyl sites for hydroxylation is 1. The topological polar surface area (TPSA) is 67.8 Å². The normalized spacial score (nSPS) is 20.8. The summed E-state index contributed by atoms with van der Waals surface area (Å²) in [5, 5.41) is 16.9. The molecule has 1 aliphatic rings. The molecule has 0 bridgehead atoms. The molecule has 6 nitrogen and oxygen atoms in total. The molecule has 0 aliphatic carbocycles. The van der Waals surface area contributed by atoms with Crippen molar-refractivity contribution in [3.05, 3.63) is 41.0 Å². The summed E-state index contributed by atoms with van der Waals surface area (Å²) in [6, 6.07) is 4.19. The third-order valence-electron chi connectivity index (χ3n) is 4.74. The van der Waals surface area contributed by atoms with Crippen LogP contribution in [0.25, 0.3) is 0 Å². The number of aromatic nitrogens is 3. The van der Waals surface area contributed by atoms with E-state index in [0.29, 0.717) is 11.6 Å². The Labute approximate surface area is 136 Å². The van der Waals surface area contributed by atoms with Crippen LogP contribution in [0.1, 0.15) is 35.0 Å². The van der Waals surface area contributed by atoms with E-state index < -0.39 is 0 Å². The first-order valence-corrected chi connectivity index (χ1v) is 7.96. The first-order valence-electron chi connectivity index (χ1n) is 7.96. The smallest absolute Gasteiger partial charge is 0.120 e. The number of hydrogen-bond acceptors (Lipinski definition) is 4. The van der Waals surface area contributed by atoms with Crippen molar-refractivity contribution < 1.29 is 4.74 Å². The van der Waals surface area contributed by atoms with Gasteiger partial charge in [0.25, 0.3) is 0 Å². The van der Waals surface area contributed by atoms with Crippen LogP contribution in [0.4, 0.5) is 0 Å². The Bertz CT molecular complexity index is 724. The lowest BCUT2D eigenvalue weighted by Crippen LogP contribution is -2.24. The molecular formula is C17H23N5O. The van der Waals surface area contributed by atoms with Gasteiger partial charge in [0, 0.05) is 57.2 Å². The number of rotatable bonds is 5. The van der Waals surface area contributed by atoms with Crippen LogP contribution in [0, 0.1) is 24.2 Å². The fraction of sp³-hybridized carbons (Fsp3) is 0.529. The van der Waals surface area contributed by atoms with Gasteiger partial charge in [-0.2, -0.15) is 10.4 Å². The Morgan fingerprint density at radius 1 is 1.48 bits per heavy atom. The molecule has 2 atom stereocenters. The van der Waals surface area contributed by atoms with Gasteiger partial charge in [-0.15, -0.1) is 0 Å². The lowest BCUT2D eigenvalue weighted by Gasteiger charge is -2.17. The minimum Gasteiger partial charge on any atom is -0.373 e. The Kier molecular flexibility index (Phi) is 4.51. The molecule has 2 aromatic heterocycles. The van der Waals surface area contributed by atoms with Gasteiger partial charge < -0.3 is 14.6 Å². The Morgan fingerprint density at radius 2 is 2.30 bits per heavy atom. The second kappa shape index (κ2) is 6.57.